The van der Waals surface area contributed by atoms with Crippen molar-refractivity contribution in [3.8, 4) is 17.4 Å². The van der Waals surface area contributed by atoms with Gasteiger partial charge in [-0.05, 0) is 42.3 Å². The number of carbonyl (C=O) groups excluding carboxylic acids is 5. The largest absolute Gasteiger partial charge is 0.495 e. The van der Waals surface area contributed by atoms with Crippen molar-refractivity contribution < 1.29 is 51.0 Å². The lowest BCUT2D eigenvalue weighted by atomic mass is 10.0. The van der Waals surface area contributed by atoms with Gasteiger partial charge >= 0.3 is 6.18 Å². The van der Waals surface area contributed by atoms with E-state index in [4.69, 9.17) is 9.47 Å². The molecule has 1 atom stereocenters. The third-order valence-corrected chi connectivity index (χ3v) is 10.5. The molecule has 0 spiro atoms. The van der Waals surface area contributed by atoms with Crippen LogP contribution in [0.25, 0.3) is 0 Å². The number of methoxy groups -OCH3 is 1. The topological polar surface area (TPSA) is 167 Å². The fourth-order valence-electron chi connectivity index (χ4n) is 7.52. The molecule has 1 unspecified atom stereocenters. The summed E-state index contributed by atoms with van der Waals surface area (Å²) in [6.07, 6.45) is -4.28. The van der Waals surface area contributed by atoms with E-state index in [0.29, 0.717) is 43.6 Å². The Morgan fingerprint density at radius 1 is 0.931 bits per heavy atom. The number of carbonyl (C=O) groups is 5. The maximum Gasteiger partial charge on any atom is 0.423 e. The Labute approximate surface area is 327 Å². The number of amides is 5. The van der Waals surface area contributed by atoms with Gasteiger partial charge in [-0.1, -0.05) is 12.1 Å². The molecular formula is C39H34F4N8O7. The molecule has 0 aliphatic carbocycles. The number of anilines is 3. The average molecular weight is 803 g/mol. The van der Waals surface area contributed by atoms with Crippen LogP contribution in [0.15, 0.2) is 54.7 Å². The molecule has 2 fully saturated rings. The minimum absolute atomic E-state index is 0.0200. The minimum atomic E-state index is -4.90. The number of fused-ring (bicyclic) bond motifs is 2. The first-order valence-corrected chi connectivity index (χ1v) is 18.2. The molecule has 300 valence electrons. The van der Waals surface area contributed by atoms with Gasteiger partial charge in [0.25, 0.3) is 17.7 Å². The number of hydrogen-bond acceptors (Lipinski definition) is 12. The molecule has 8 rings (SSSR count). The highest BCUT2D eigenvalue weighted by atomic mass is 19.4. The van der Waals surface area contributed by atoms with Gasteiger partial charge in [0, 0.05) is 76.3 Å². The molecule has 15 nitrogen and oxygen atoms in total. The van der Waals surface area contributed by atoms with E-state index in [1.54, 1.807) is 37.4 Å². The summed E-state index contributed by atoms with van der Waals surface area (Å²) in [5.74, 6) is -4.51. The highest BCUT2D eigenvalue weighted by molar-refractivity contribution is 6.23. The summed E-state index contributed by atoms with van der Waals surface area (Å²) in [5, 5.41) is 4.91. The normalized spacial score (nSPS) is 18.4. The van der Waals surface area contributed by atoms with Crippen molar-refractivity contribution in [2.45, 2.75) is 38.1 Å². The summed E-state index contributed by atoms with van der Waals surface area (Å²) in [5.41, 5.74) is 0.814. The fraction of sp³-hybridized carbons (Fsp3) is 0.308. The van der Waals surface area contributed by atoms with E-state index in [-0.39, 0.29) is 71.3 Å². The SMILES string of the molecule is COc1cc(CN2CCN(c3ccc4c(c3)C(=O)N(C3CCC(=O)NC3=O)C4=O)CC2)c(F)cc1Nc1ncc(C(F)(F)F)c(Oc2cccc3c2C(=O)N(C)C3)n1. The van der Waals surface area contributed by atoms with Gasteiger partial charge in [0.15, 0.2) is 0 Å². The number of piperazine rings is 1. The molecule has 1 aromatic heterocycles. The number of piperidine rings is 1. The van der Waals surface area contributed by atoms with E-state index in [9.17, 15) is 37.1 Å². The first-order chi connectivity index (χ1) is 27.7. The number of rotatable bonds is 9. The number of ether oxygens (including phenoxy) is 2. The van der Waals surface area contributed by atoms with Crippen LogP contribution in [0.1, 0.15) is 60.6 Å². The van der Waals surface area contributed by atoms with Gasteiger partial charge < -0.3 is 24.6 Å². The quantitative estimate of drug-likeness (QED) is 0.180. The highest BCUT2D eigenvalue weighted by Crippen LogP contribution is 2.40. The van der Waals surface area contributed by atoms with Crippen LogP contribution in [0.4, 0.5) is 34.9 Å². The molecule has 0 saturated carbocycles. The van der Waals surface area contributed by atoms with Crippen molar-refractivity contribution in [3.63, 3.8) is 0 Å². The Hall–Kier alpha value is -6.63. The van der Waals surface area contributed by atoms with Gasteiger partial charge in [-0.25, -0.2) is 9.37 Å². The standard InChI is InChI=1S/C39H34F4N8O7/c1-48-18-20-4-3-5-29(32(20)37(48)56)58-34-25(39(41,42)43)17-44-38(47-34)45-27-16-26(40)21(14-30(27)57-2)19-49-10-12-50(13-11-49)22-6-7-23-24(15-22)36(55)51(35(23)54)28-8-9-31(52)46-33(28)53/h3-7,14-17,28H,8-13,18-19H2,1-2H3,(H,44,45,47)(H,46,52,53). The lowest BCUT2D eigenvalue weighted by Gasteiger charge is -2.36. The van der Waals surface area contributed by atoms with Crippen LogP contribution < -0.4 is 25.0 Å². The Bertz CT molecular complexity index is 2400. The van der Waals surface area contributed by atoms with E-state index >= 15 is 4.39 Å². The summed E-state index contributed by atoms with van der Waals surface area (Å²) in [7, 11) is 2.92. The van der Waals surface area contributed by atoms with Crippen LogP contribution >= 0.6 is 0 Å². The lowest BCUT2D eigenvalue weighted by molar-refractivity contribution is -0.139. The van der Waals surface area contributed by atoms with Crippen LogP contribution in [-0.4, -0.2) is 101 Å². The number of halogens is 4. The maximum absolute atomic E-state index is 15.7. The number of hydrogen-bond donors (Lipinski definition) is 2. The average Bonchev–Trinajstić information content (AvgIpc) is 3.62. The van der Waals surface area contributed by atoms with Crippen LogP contribution in [0, 0.1) is 5.82 Å². The molecule has 4 aliphatic rings. The molecule has 5 amide bonds. The molecule has 4 aromatic rings. The van der Waals surface area contributed by atoms with E-state index < -0.39 is 59.0 Å². The number of imide groups is 2. The minimum Gasteiger partial charge on any atom is -0.495 e. The zero-order valence-electron chi connectivity index (χ0n) is 31.0. The number of nitrogens with one attached hydrogen (secondary N) is 2. The van der Waals surface area contributed by atoms with Crippen molar-refractivity contribution in [2.75, 3.05) is 50.6 Å². The van der Waals surface area contributed by atoms with Crippen molar-refractivity contribution >= 4 is 46.9 Å². The highest BCUT2D eigenvalue weighted by Gasteiger charge is 2.45. The molecule has 58 heavy (non-hydrogen) atoms. The molecule has 4 aliphatic heterocycles. The Morgan fingerprint density at radius 2 is 1.69 bits per heavy atom. The predicted molar refractivity (Wildman–Crippen MR) is 196 cm³/mol. The molecule has 5 heterocycles. The van der Waals surface area contributed by atoms with E-state index in [1.807, 2.05) is 9.80 Å². The molecule has 2 N–H and O–H groups in total. The van der Waals surface area contributed by atoms with Crippen LogP contribution in [-0.2, 0) is 28.9 Å². The predicted octanol–water partition coefficient (Wildman–Crippen LogP) is 4.49. The third kappa shape index (κ3) is 7.01. The second kappa shape index (κ2) is 14.7. The first-order valence-electron chi connectivity index (χ1n) is 18.2. The summed E-state index contributed by atoms with van der Waals surface area (Å²) in [4.78, 5) is 77.3. The Morgan fingerprint density at radius 3 is 2.41 bits per heavy atom. The summed E-state index contributed by atoms with van der Waals surface area (Å²) in [6, 6.07) is 11.1. The second-order valence-electron chi connectivity index (χ2n) is 14.2. The smallest absolute Gasteiger partial charge is 0.423 e. The number of alkyl halides is 3. The van der Waals surface area contributed by atoms with E-state index in [0.717, 1.165) is 11.0 Å². The zero-order chi connectivity index (χ0) is 41.0. The van der Waals surface area contributed by atoms with Crippen LogP contribution in [0.2, 0.25) is 0 Å². The molecular weight excluding hydrogens is 768 g/mol. The molecule has 2 saturated heterocycles. The second-order valence-corrected chi connectivity index (χ2v) is 14.2. The van der Waals surface area contributed by atoms with Gasteiger partial charge in [-0.3, -0.25) is 39.1 Å². The number of nitrogens with zero attached hydrogens (tertiary/aromatic N) is 6. The van der Waals surface area contributed by atoms with Gasteiger partial charge in [0.1, 0.15) is 28.9 Å². The maximum atomic E-state index is 15.7. The van der Waals surface area contributed by atoms with Crippen molar-refractivity contribution in [2.24, 2.45) is 0 Å². The van der Waals surface area contributed by atoms with Gasteiger partial charge in [0.2, 0.25) is 23.6 Å². The van der Waals surface area contributed by atoms with E-state index in [2.05, 4.69) is 20.6 Å². The van der Waals surface area contributed by atoms with Gasteiger partial charge in [0.05, 0.1) is 29.5 Å². The lowest BCUT2D eigenvalue weighted by Crippen LogP contribution is -2.54. The Balaban J connectivity index is 0.942. The van der Waals surface area contributed by atoms with Crippen molar-refractivity contribution in [3.05, 3.63) is 93.9 Å². The zero-order valence-corrected chi connectivity index (χ0v) is 31.0. The third-order valence-electron chi connectivity index (χ3n) is 10.5. The van der Waals surface area contributed by atoms with E-state index in [1.165, 1.54) is 24.1 Å². The Kier molecular flexibility index (Phi) is 9.70. The van der Waals surface area contributed by atoms with Crippen molar-refractivity contribution in [1.82, 2.24) is 30.0 Å². The fourth-order valence-corrected chi connectivity index (χ4v) is 7.52. The van der Waals surface area contributed by atoms with Crippen LogP contribution in [0.5, 0.6) is 17.4 Å². The van der Waals surface area contributed by atoms with Crippen LogP contribution in [0.3, 0.4) is 0 Å². The summed E-state index contributed by atoms with van der Waals surface area (Å²) < 4.78 is 68.9. The van der Waals surface area contributed by atoms with Gasteiger partial charge in [-0.2, -0.15) is 18.2 Å². The molecule has 0 bridgehead atoms. The summed E-state index contributed by atoms with van der Waals surface area (Å²) in [6.45, 7) is 2.47. The first kappa shape index (κ1) is 38.3. The molecule has 19 heteroatoms. The number of benzene rings is 3. The molecule has 3 aromatic carbocycles. The number of aromatic nitrogens is 2. The monoisotopic (exact) mass is 802 g/mol. The van der Waals surface area contributed by atoms with Crippen molar-refractivity contribution in [1.29, 1.82) is 0 Å². The summed E-state index contributed by atoms with van der Waals surface area (Å²) >= 11 is 0. The molecule has 0 radical (unpaired) electrons. The van der Waals surface area contributed by atoms with Gasteiger partial charge in [-0.15, -0.1) is 0 Å².